The molecule has 0 aliphatic carbocycles. The van der Waals surface area contributed by atoms with Crippen molar-refractivity contribution in [1.82, 2.24) is 5.32 Å². The molecule has 2 aromatic rings. The predicted octanol–water partition coefficient (Wildman–Crippen LogP) is 4.79. The molecule has 1 amide bonds. The lowest BCUT2D eigenvalue weighted by Crippen LogP contribution is -2.29. The number of nitrogens with one attached hydrogen (secondary N) is 2. The molecule has 1 heterocycles. The van der Waals surface area contributed by atoms with Crippen molar-refractivity contribution >= 4 is 29.3 Å². The Balaban J connectivity index is 1.86. The summed E-state index contributed by atoms with van der Waals surface area (Å²) in [6.45, 7) is 7.40. The zero-order chi connectivity index (χ0) is 23.8. The zero-order valence-electron chi connectivity index (χ0n) is 18.6. The van der Waals surface area contributed by atoms with Crippen LogP contribution in [0.25, 0.3) is 0 Å². The quantitative estimate of drug-likeness (QED) is 0.436. The molecule has 1 atom stereocenters. The lowest BCUT2D eigenvalue weighted by atomic mass is 9.82. The summed E-state index contributed by atoms with van der Waals surface area (Å²) in [6, 6.07) is 19.1. The fourth-order valence-electron chi connectivity index (χ4n) is 3.46. The van der Waals surface area contributed by atoms with Gasteiger partial charge in [0.1, 0.15) is 6.61 Å². The number of anilines is 1. The van der Waals surface area contributed by atoms with Gasteiger partial charge in [0, 0.05) is 11.4 Å². The van der Waals surface area contributed by atoms with E-state index in [0.29, 0.717) is 27.6 Å². The number of dihydropyridines is 1. The number of allylic oxidation sites excluding steroid dienone is 2. The van der Waals surface area contributed by atoms with Gasteiger partial charge in [-0.2, -0.15) is 5.26 Å². The minimum Gasteiger partial charge on any atom is -0.458 e. The second kappa shape index (κ2) is 11.2. The first-order chi connectivity index (χ1) is 15.9. The predicted molar refractivity (Wildman–Crippen MR) is 131 cm³/mol. The molecule has 0 saturated carbocycles. The molecular formula is C26H25N3O3S. The number of carbonyl (C=O) groups is 2. The van der Waals surface area contributed by atoms with Gasteiger partial charge in [0.25, 0.3) is 0 Å². The van der Waals surface area contributed by atoms with Crippen LogP contribution < -0.4 is 10.6 Å². The highest BCUT2D eigenvalue weighted by Gasteiger charge is 2.35. The monoisotopic (exact) mass is 459 g/mol. The number of esters is 1. The Labute approximate surface area is 198 Å². The van der Waals surface area contributed by atoms with Crippen LogP contribution in [-0.2, 0) is 14.3 Å². The minimum atomic E-state index is -0.600. The topological polar surface area (TPSA) is 91.2 Å². The van der Waals surface area contributed by atoms with Gasteiger partial charge in [0.15, 0.2) is 0 Å². The smallest absolute Gasteiger partial charge is 0.337 e. The van der Waals surface area contributed by atoms with Crippen molar-refractivity contribution in [3.63, 3.8) is 0 Å². The van der Waals surface area contributed by atoms with Crippen LogP contribution in [0.1, 0.15) is 24.0 Å². The van der Waals surface area contributed by atoms with Crippen LogP contribution in [0.4, 0.5) is 5.69 Å². The van der Waals surface area contributed by atoms with Crippen molar-refractivity contribution in [3.8, 4) is 6.07 Å². The van der Waals surface area contributed by atoms with Crippen LogP contribution in [-0.4, -0.2) is 24.2 Å². The molecule has 1 aliphatic heterocycles. The first kappa shape index (κ1) is 23.9. The van der Waals surface area contributed by atoms with E-state index in [4.69, 9.17) is 4.74 Å². The summed E-state index contributed by atoms with van der Waals surface area (Å²) in [4.78, 5) is 25.3. The molecule has 2 aromatic carbocycles. The average Bonchev–Trinajstić information content (AvgIpc) is 2.82. The molecule has 0 saturated heterocycles. The molecule has 0 fully saturated rings. The van der Waals surface area contributed by atoms with Gasteiger partial charge in [-0.25, -0.2) is 4.79 Å². The number of nitriles is 1. The fourth-order valence-corrected chi connectivity index (χ4v) is 4.35. The maximum atomic E-state index is 12.8. The van der Waals surface area contributed by atoms with E-state index < -0.39 is 11.9 Å². The molecule has 6 nitrogen and oxygen atoms in total. The second-order valence-electron chi connectivity index (χ2n) is 7.45. The number of ether oxygens (including phenoxy) is 1. The maximum Gasteiger partial charge on any atom is 0.337 e. The second-order valence-corrected chi connectivity index (χ2v) is 8.44. The molecule has 0 bridgehead atoms. The molecule has 0 spiro atoms. The first-order valence-corrected chi connectivity index (χ1v) is 11.4. The van der Waals surface area contributed by atoms with Crippen LogP contribution >= 0.6 is 11.8 Å². The van der Waals surface area contributed by atoms with Crippen molar-refractivity contribution in [2.45, 2.75) is 19.8 Å². The van der Waals surface area contributed by atoms with Crippen LogP contribution in [0.5, 0.6) is 0 Å². The van der Waals surface area contributed by atoms with Gasteiger partial charge in [0.05, 0.1) is 33.9 Å². The summed E-state index contributed by atoms with van der Waals surface area (Å²) in [6.07, 6.45) is 1.50. The number of aryl methyl sites for hydroxylation is 1. The SMILES string of the molecule is C=CCOC(=O)C1=C(C)NC(SCC(=O)Nc2ccc(C)cc2)=C(C#N)[C@@H]1c1ccccc1. The summed E-state index contributed by atoms with van der Waals surface area (Å²) < 4.78 is 5.30. The van der Waals surface area contributed by atoms with E-state index in [-0.39, 0.29) is 18.3 Å². The maximum absolute atomic E-state index is 12.8. The number of nitrogens with zero attached hydrogens (tertiary/aromatic N) is 1. The average molecular weight is 460 g/mol. The molecule has 1 aliphatic rings. The molecule has 2 N–H and O–H groups in total. The summed E-state index contributed by atoms with van der Waals surface area (Å²) in [5, 5.41) is 16.6. The molecule has 7 heteroatoms. The molecule has 0 unspecified atom stereocenters. The third kappa shape index (κ3) is 5.93. The van der Waals surface area contributed by atoms with E-state index >= 15 is 0 Å². The number of carbonyl (C=O) groups excluding carboxylic acids is 2. The first-order valence-electron chi connectivity index (χ1n) is 10.4. The van der Waals surface area contributed by atoms with E-state index in [1.54, 1.807) is 6.92 Å². The van der Waals surface area contributed by atoms with Gasteiger partial charge in [-0.15, -0.1) is 0 Å². The van der Waals surface area contributed by atoms with Crippen molar-refractivity contribution in [2.24, 2.45) is 0 Å². The van der Waals surface area contributed by atoms with E-state index in [9.17, 15) is 14.9 Å². The van der Waals surface area contributed by atoms with Gasteiger partial charge in [-0.1, -0.05) is 72.4 Å². The number of benzene rings is 2. The number of rotatable bonds is 8. The van der Waals surface area contributed by atoms with Gasteiger partial charge in [-0.05, 0) is 31.5 Å². The van der Waals surface area contributed by atoms with Crippen molar-refractivity contribution in [3.05, 3.63) is 100 Å². The summed E-state index contributed by atoms with van der Waals surface area (Å²) in [5.74, 6) is -1.20. The highest BCUT2D eigenvalue weighted by Crippen LogP contribution is 2.40. The standard InChI is InChI=1S/C26H25N3O3S/c1-4-14-32-26(31)23-18(3)28-25(21(15-27)24(23)19-8-6-5-7-9-19)33-16-22(30)29-20-12-10-17(2)11-13-20/h4-13,24,28H,1,14,16H2,2-3H3,(H,29,30)/t24-/m0/s1. The van der Waals surface area contributed by atoms with Gasteiger partial charge in [-0.3, -0.25) is 4.79 Å². The molecule has 168 valence electrons. The Morgan fingerprint density at radius 1 is 1.18 bits per heavy atom. The van der Waals surface area contributed by atoms with Gasteiger partial charge < -0.3 is 15.4 Å². The molecule has 33 heavy (non-hydrogen) atoms. The highest BCUT2D eigenvalue weighted by atomic mass is 32.2. The highest BCUT2D eigenvalue weighted by molar-refractivity contribution is 8.03. The van der Waals surface area contributed by atoms with Crippen LogP contribution in [0, 0.1) is 18.3 Å². The number of hydrogen-bond acceptors (Lipinski definition) is 6. The molecule has 3 rings (SSSR count). The third-order valence-corrected chi connectivity index (χ3v) is 6.03. The summed E-state index contributed by atoms with van der Waals surface area (Å²) in [5.41, 5.74) is 3.93. The van der Waals surface area contributed by atoms with Crippen LogP contribution in [0.15, 0.2) is 89.1 Å². The number of amides is 1. The third-order valence-electron chi connectivity index (χ3n) is 5.02. The van der Waals surface area contributed by atoms with Crippen molar-refractivity contribution < 1.29 is 14.3 Å². The lowest BCUT2D eigenvalue weighted by molar-refractivity contribution is -0.138. The van der Waals surface area contributed by atoms with E-state index in [1.807, 2.05) is 61.5 Å². The van der Waals surface area contributed by atoms with Crippen LogP contribution in [0.3, 0.4) is 0 Å². The fraction of sp³-hybridized carbons (Fsp3) is 0.192. The summed E-state index contributed by atoms with van der Waals surface area (Å²) in [7, 11) is 0. The Hall–Kier alpha value is -3.76. The van der Waals surface area contributed by atoms with E-state index in [2.05, 4.69) is 23.3 Å². The largest absolute Gasteiger partial charge is 0.458 e. The van der Waals surface area contributed by atoms with Crippen molar-refractivity contribution in [2.75, 3.05) is 17.7 Å². The van der Waals surface area contributed by atoms with Crippen LogP contribution in [0.2, 0.25) is 0 Å². The summed E-state index contributed by atoms with van der Waals surface area (Å²) >= 11 is 1.23. The lowest BCUT2D eigenvalue weighted by Gasteiger charge is -2.29. The number of thioether (sulfide) groups is 1. The van der Waals surface area contributed by atoms with E-state index in [0.717, 1.165) is 11.1 Å². The Morgan fingerprint density at radius 2 is 1.88 bits per heavy atom. The molecular weight excluding hydrogens is 434 g/mol. The zero-order valence-corrected chi connectivity index (χ0v) is 19.4. The van der Waals surface area contributed by atoms with Gasteiger partial charge >= 0.3 is 5.97 Å². The molecule has 0 aromatic heterocycles. The number of hydrogen-bond donors (Lipinski definition) is 2. The Kier molecular flexibility index (Phi) is 8.11. The van der Waals surface area contributed by atoms with Crippen molar-refractivity contribution in [1.29, 1.82) is 5.26 Å². The molecule has 0 radical (unpaired) electrons. The normalized spacial score (nSPS) is 15.4. The Morgan fingerprint density at radius 3 is 2.52 bits per heavy atom. The Bertz CT molecular complexity index is 1150. The van der Waals surface area contributed by atoms with Gasteiger partial charge in [0.2, 0.25) is 5.91 Å². The van der Waals surface area contributed by atoms with E-state index in [1.165, 1.54) is 17.8 Å². The minimum absolute atomic E-state index is 0.0729.